The van der Waals surface area contributed by atoms with Crippen LogP contribution >= 0.6 is 0 Å². The number of carbonyl (C=O) groups is 1. The topological polar surface area (TPSA) is 90.4 Å². The third-order valence-electron chi connectivity index (χ3n) is 3.81. The minimum atomic E-state index is -1.06. The fraction of sp³-hybridized carbons (Fsp3) is 0.176. The van der Waals surface area contributed by atoms with Gasteiger partial charge in [0.15, 0.2) is 0 Å². The van der Waals surface area contributed by atoms with Gasteiger partial charge in [-0.2, -0.15) is 5.10 Å². The minimum Gasteiger partial charge on any atom is -0.497 e. The minimum absolute atomic E-state index is 0.0634. The molecule has 0 bridgehead atoms. The van der Waals surface area contributed by atoms with E-state index in [9.17, 15) is 9.90 Å². The average molecular weight is 311 g/mol. The summed E-state index contributed by atoms with van der Waals surface area (Å²) in [7, 11) is 1.62. The lowest BCUT2D eigenvalue weighted by molar-refractivity contribution is 0.0700. The number of aromatic nitrogens is 2. The van der Waals surface area contributed by atoms with Crippen LogP contribution in [0.4, 0.5) is 5.69 Å². The molecule has 3 N–H and O–H groups in total. The highest BCUT2D eigenvalue weighted by Gasteiger charge is 2.18. The van der Waals surface area contributed by atoms with Crippen LogP contribution in [0, 0.1) is 6.92 Å². The van der Waals surface area contributed by atoms with Crippen LogP contribution in [0.15, 0.2) is 36.5 Å². The van der Waals surface area contributed by atoms with Gasteiger partial charge in [0.05, 0.1) is 19.3 Å². The van der Waals surface area contributed by atoms with Crippen molar-refractivity contribution in [2.45, 2.75) is 13.5 Å². The van der Waals surface area contributed by atoms with Gasteiger partial charge in [-0.25, -0.2) is 4.79 Å². The third-order valence-corrected chi connectivity index (χ3v) is 3.81. The van der Waals surface area contributed by atoms with E-state index >= 15 is 0 Å². The number of nitrogens with zero attached hydrogens (tertiary/aromatic N) is 2. The van der Waals surface area contributed by atoms with Crippen molar-refractivity contribution in [2.24, 2.45) is 0 Å². The van der Waals surface area contributed by atoms with Crippen molar-refractivity contribution in [3.8, 4) is 5.75 Å². The molecule has 0 spiro atoms. The second kappa shape index (κ2) is 5.64. The molecular formula is C17H17N3O3. The average Bonchev–Trinajstić information content (AvgIpc) is 2.90. The Morgan fingerprint density at radius 1 is 1.35 bits per heavy atom. The smallest absolute Gasteiger partial charge is 0.340 e. The first-order chi connectivity index (χ1) is 11.0. The predicted molar refractivity (Wildman–Crippen MR) is 87.9 cm³/mol. The number of aromatic carboxylic acids is 1. The van der Waals surface area contributed by atoms with Gasteiger partial charge in [0.1, 0.15) is 16.8 Å². The van der Waals surface area contributed by atoms with Gasteiger partial charge in [0.25, 0.3) is 0 Å². The van der Waals surface area contributed by atoms with E-state index in [0.29, 0.717) is 12.1 Å². The largest absolute Gasteiger partial charge is 0.497 e. The first kappa shape index (κ1) is 14.9. The summed E-state index contributed by atoms with van der Waals surface area (Å²) in [6, 6.07) is 9.51. The number of methoxy groups -OCH3 is 1. The molecule has 23 heavy (non-hydrogen) atoms. The highest BCUT2D eigenvalue weighted by molar-refractivity contribution is 6.07. The number of hydrogen-bond donors (Lipinski definition) is 2. The first-order valence-corrected chi connectivity index (χ1v) is 7.12. The van der Waals surface area contributed by atoms with Gasteiger partial charge in [0.2, 0.25) is 0 Å². The lowest BCUT2D eigenvalue weighted by Gasteiger charge is -2.05. The number of carboxylic acids is 1. The van der Waals surface area contributed by atoms with Crippen LogP contribution < -0.4 is 10.5 Å². The summed E-state index contributed by atoms with van der Waals surface area (Å²) in [5, 5.41) is 14.6. The third kappa shape index (κ3) is 2.70. The van der Waals surface area contributed by atoms with E-state index in [1.807, 2.05) is 36.5 Å². The Morgan fingerprint density at radius 3 is 2.65 bits per heavy atom. The van der Waals surface area contributed by atoms with E-state index in [4.69, 9.17) is 10.5 Å². The number of ether oxygens (including phenoxy) is 1. The second-order valence-corrected chi connectivity index (χ2v) is 5.40. The number of rotatable bonds is 4. The molecule has 1 heterocycles. The lowest BCUT2D eigenvalue weighted by atomic mass is 10.0. The van der Waals surface area contributed by atoms with Crippen LogP contribution in [0.25, 0.3) is 10.9 Å². The van der Waals surface area contributed by atoms with Gasteiger partial charge in [-0.3, -0.25) is 4.68 Å². The molecule has 118 valence electrons. The maximum Gasteiger partial charge on any atom is 0.340 e. The zero-order valence-corrected chi connectivity index (χ0v) is 12.9. The molecule has 6 nitrogen and oxygen atoms in total. The highest BCUT2D eigenvalue weighted by Crippen LogP contribution is 2.27. The first-order valence-electron chi connectivity index (χ1n) is 7.12. The number of aryl methyl sites for hydroxylation is 1. The quantitative estimate of drug-likeness (QED) is 0.723. The van der Waals surface area contributed by atoms with Crippen molar-refractivity contribution in [3.05, 3.63) is 53.2 Å². The van der Waals surface area contributed by atoms with Crippen molar-refractivity contribution in [1.82, 2.24) is 9.78 Å². The molecule has 0 aliphatic carbocycles. The van der Waals surface area contributed by atoms with Gasteiger partial charge < -0.3 is 15.6 Å². The molecule has 6 heteroatoms. The summed E-state index contributed by atoms with van der Waals surface area (Å²) in [6.07, 6.45) is 1.83. The monoisotopic (exact) mass is 311 g/mol. The van der Waals surface area contributed by atoms with Crippen molar-refractivity contribution in [2.75, 3.05) is 12.8 Å². The molecule has 1 aromatic heterocycles. The fourth-order valence-electron chi connectivity index (χ4n) is 2.59. The molecule has 0 aliphatic heterocycles. The van der Waals surface area contributed by atoms with Crippen molar-refractivity contribution in [3.63, 3.8) is 0 Å². The molecule has 0 atom stereocenters. The molecule has 3 rings (SSSR count). The Balaban J connectivity index is 2.02. The van der Waals surface area contributed by atoms with E-state index in [1.54, 1.807) is 18.7 Å². The molecular weight excluding hydrogens is 294 g/mol. The van der Waals surface area contributed by atoms with Crippen LogP contribution in [-0.2, 0) is 6.54 Å². The molecule has 0 unspecified atom stereocenters. The van der Waals surface area contributed by atoms with E-state index in [0.717, 1.165) is 22.3 Å². The Bertz CT molecular complexity index is 882. The number of nitrogens with two attached hydrogens (primary N) is 1. The number of carboxylic acid groups (broad SMARTS) is 1. The summed E-state index contributed by atoms with van der Waals surface area (Å²) in [5.74, 6) is -0.276. The summed E-state index contributed by atoms with van der Waals surface area (Å²) >= 11 is 0. The van der Waals surface area contributed by atoms with E-state index in [1.165, 1.54) is 0 Å². The normalized spacial score (nSPS) is 10.9. The molecule has 0 fully saturated rings. The summed E-state index contributed by atoms with van der Waals surface area (Å²) in [5.41, 5.74) is 8.41. The van der Waals surface area contributed by atoms with Crippen molar-refractivity contribution in [1.29, 1.82) is 0 Å². The summed E-state index contributed by atoms with van der Waals surface area (Å²) < 4.78 is 6.85. The van der Waals surface area contributed by atoms with Crippen molar-refractivity contribution >= 4 is 22.6 Å². The second-order valence-electron chi connectivity index (χ2n) is 5.40. The molecule has 0 radical (unpaired) electrons. The predicted octanol–water partition coefficient (Wildman–Crippen LogP) is 2.68. The highest BCUT2D eigenvalue weighted by atomic mass is 16.5. The standard InChI is InChI=1S/C17H17N3O3/c1-10-7-12-9-20(8-11-3-5-13(23-2)6-4-11)19-16(12)14(15(10)18)17(21)22/h3-7,9H,8,18H2,1-2H3,(H,21,22). The fourth-order valence-corrected chi connectivity index (χ4v) is 2.59. The van der Waals surface area contributed by atoms with Gasteiger partial charge in [-0.05, 0) is 36.2 Å². The van der Waals surface area contributed by atoms with Gasteiger partial charge >= 0.3 is 5.97 Å². The van der Waals surface area contributed by atoms with Crippen LogP contribution in [0.1, 0.15) is 21.5 Å². The molecule has 0 aliphatic rings. The Hall–Kier alpha value is -3.02. The zero-order chi connectivity index (χ0) is 16.6. The zero-order valence-electron chi connectivity index (χ0n) is 12.9. The molecule has 0 saturated heterocycles. The van der Waals surface area contributed by atoms with Crippen LogP contribution in [0.2, 0.25) is 0 Å². The maximum absolute atomic E-state index is 11.5. The number of nitrogen functional groups attached to an aromatic ring is 1. The van der Waals surface area contributed by atoms with Gasteiger partial charge in [-0.1, -0.05) is 12.1 Å². The van der Waals surface area contributed by atoms with E-state index in [-0.39, 0.29) is 11.3 Å². The Labute approximate surface area is 133 Å². The summed E-state index contributed by atoms with van der Waals surface area (Å²) in [6.45, 7) is 2.33. The number of hydrogen-bond acceptors (Lipinski definition) is 4. The molecule has 0 saturated carbocycles. The van der Waals surface area contributed by atoms with Gasteiger partial charge in [0, 0.05) is 11.6 Å². The summed E-state index contributed by atoms with van der Waals surface area (Å²) in [4.78, 5) is 11.5. The van der Waals surface area contributed by atoms with Crippen LogP contribution in [-0.4, -0.2) is 28.0 Å². The molecule has 0 amide bonds. The van der Waals surface area contributed by atoms with Crippen LogP contribution in [0.3, 0.4) is 0 Å². The molecule has 2 aromatic carbocycles. The Kier molecular flexibility index (Phi) is 3.65. The SMILES string of the molecule is COc1ccc(Cn2cc3cc(C)c(N)c(C(=O)O)c3n2)cc1. The lowest BCUT2D eigenvalue weighted by Crippen LogP contribution is -2.06. The maximum atomic E-state index is 11.5. The number of anilines is 1. The number of benzene rings is 2. The van der Waals surface area contributed by atoms with Gasteiger partial charge in [-0.15, -0.1) is 0 Å². The van der Waals surface area contributed by atoms with E-state index < -0.39 is 5.97 Å². The Morgan fingerprint density at radius 2 is 2.04 bits per heavy atom. The van der Waals surface area contributed by atoms with E-state index in [2.05, 4.69) is 5.10 Å². The van der Waals surface area contributed by atoms with Crippen molar-refractivity contribution < 1.29 is 14.6 Å². The number of fused-ring (bicyclic) bond motifs is 1. The van der Waals surface area contributed by atoms with Crippen LogP contribution in [0.5, 0.6) is 5.75 Å². The molecule has 3 aromatic rings.